The number of amides is 1. The lowest BCUT2D eigenvalue weighted by Crippen LogP contribution is -2.40. The average Bonchev–Trinajstić information content (AvgIpc) is 2.79. The first-order valence-electron chi connectivity index (χ1n) is 10.1. The number of rotatable bonds is 8. The van der Waals surface area contributed by atoms with E-state index in [9.17, 15) is 18.0 Å². The largest absolute Gasteiger partial charge is 0.416 e. The number of carbonyl (C=O) groups excluding carboxylic acids is 1. The highest BCUT2D eigenvalue weighted by Gasteiger charge is 2.30. The van der Waals surface area contributed by atoms with Crippen molar-refractivity contribution in [3.63, 3.8) is 0 Å². The van der Waals surface area contributed by atoms with Crippen molar-refractivity contribution in [3.05, 3.63) is 102 Å². The molecule has 31 heavy (non-hydrogen) atoms. The van der Waals surface area contributed by atoms with E-state index in [2.05, 4.69) is 5.32 Å². The van der Waals surface area contributed by atoms with Crippen molar-refractivity contribution in [2.45, 2.75) is 25.1 Å². The molecule has 3 aromatic rings. The average molecular weight is 426 g/mol. The second-order valence-electron chi connectivity index (χ2n) is 7.25. The lowest BCUT2D eigenvalue weighted by Gasteiger charge is -2.33. The van der Waals surface area contributed by atoms with Crippen LogP contribution in [-0.2, 0) is 17.4 Å². The van der Waals surface area contributed by atoms with Gasteiger partial charge in [-0.3, -0.25) is 4.79 Å². The van der Waals surface area contributed by atoms with Crippen LogP contribution in [0.15, 0.2) is 84.9 Å². The molecule has 0 bridgehead atoms. The van der Waals surface area contributed by atoms with Gasteiger partial charge in [-0.15, -0.1) is 0 Å². The predicted molar refractivity (Wildman–Crippen MR) is 117 cm³/mol. The molecular formula is C25H25F3N2O. The molecular weight excluding hydrogens is 401 g/mol. The van der Waals surface area contributed by atoms with Crippen molar-refractivity contribution in [1.29, 1.82) is 0 Å². The third-order valence-corrected chi connectivity index (χ3v) is 5.16. The molecule has 0 spiro atoms. The Morgan fingerprint density at radius 2 is 1.48 bits per heavy atom. The second kappa shape index (κ2) is 10.2. The maximum atomic E-state index is 12.8. The number of aryl methyl sites for hydroxylation is 1. The zero-order valence-electron chi connectivity index (χ0n) is 17.3. The molecule has 1 N–H and O–H groups in total. The summed E-state index contributed by atoms with van der Waals surface area (Å²) in [4.78, 5) is 14.9. The fourth-order valence-electron chi connectivity index (χ4n) is 3.59. The van der Waals surface area contributed by atoms with Crippen LogP contribution in [-0.4, -0.2) is 19.5 Å². The van der Waals surface area contributed by atoms with Crippen LogP contribution in [0.3, 0.4) is 0 Å². The quantitative estimate of drug-likeness (QED) is 0.506. The van der Waals surface area contributed by atoms with Crippen LogP contribution in [0.2, 0.25) is 0 Å². The van der Waals surface area contributed by atoms with E-state index >= 15 is 0 Å². The minimum atomic E-state index is -4.33. The van der Waals surface area contributed by atoms with Gasteiger partial charge in [0.15, 0.2) is 0 Å². The third kappa shape index (κ3) is 5.87. The minimum Gasteiger partial charge on any atom is -0.357 e. The molecule has 0 fully saturated rings. The Balaban J connectivity index is 1.80. The lowest BCUT2D eigenvalue weighted by atomic mass is 10.0. The summed E-state index contributed by atoms with van der Waals surface area (Å²) < 4.78 is 38.3. The number of carbonyl (C=O) groups is 1. The van der Waals surface area contributed by atoms with Crippen LogP contribution >= 0.6 is 0 Å². The summed E-state index contributed by atoms with van der Waals surface area (Å²) in [6.45, 7) is 0.567. The molecule has 162 valence electrons. The van der Waals surface area contributed by atoms with Gasteiger partial charge in [-0.2, -0.15) is 13.2 Å². The summed E-state index contributed by atoms with van der Waals surface area (Å²) in [5.74, 6) is -0.121. The van der Waals surface area contributed by atoms with Crippen molar-refractivity contribution >= 4 is 11.6 Å². The van der Waals surface area contributed by atoms with Gasteiger partial charge in [0.1, 0.15) is 6.04 Å². The van der Waals surface area contributed by atoms with Gasteiger partial charge < -0.3 is 10.2 Å². The van der Waals surface area contributed by atoms with Gasteiger partial charge in [0, 0.05) is 19.3 Å². The van der Waals surface area contributed by atoms with Crippen molar-refractivity contribution in [1.82, 2.24) is 5.32 Å². The highest BCUT2D eigenvalue weighted by Crippen LogP contribution is 2.30. The molecule has 6 heteroatoms. The van der Waals surface area contributed by atoms with E-state index in [4.69, 9.17) is 0 Å². The highest BCUT2D eigenvalue weighted by molar-refractivity contribution is 5.86. The Labute approximate surface area is 180 Å². The Hall–Kier alpha value is -3.28. The van der Waals surface area contributed by atoms with Gasteiger partial charge in [-0.1, -0.05) is 60.7 Å². The summed E-state index contributed by atoms with van der Waals surface area (Å²) >= 11 is 0. The van der Waals surface area contributed by atoms with Crippen LogP contribution in [0, 0.1) is 0 Å². The molecule has 0 radical (unpaired) electrons. The summed E-state index contributed by atoms with van der Waals surface area (Å²) in [7, 11) is 1.61. The van der Waals surface area contributed by atoms with Crippen molar-refractivity contribution in [2.24, 2.45) is 0 Å². The Kier molecular flexibility index (Phi) is 7.34. The van der Waals surface area contributed by atoms with Crippen molar-refractivity contribution in [3.8, 4) is 0 Å². The fraction of sp³-hybridized carbons (Fsp3) is 0.240. The number of halogens is 3. The topological polar surface area (TPSA) is 32.3 Å². The molecule has 1 atom stereocenters. The Morgan fingerprint density at radius 1 is 0.903 bits per heavy atom. The molecule has 0 saturated heterocycles. The van der Waals surface area contributed by atoms with E-state index in [0.29, 0.717) is 19.4 Å². The Bertz CT molecular complexity index is 958. The van der Waals surface area contributed by atoms with E-state index in [1.54, 1.807) is 7.05 Å². The van der Waals surface area contributed by atoms with E-state index in [1.807, 2.05) is 65.6 Å². The standard InChI is InChI=1S/C25H25F3N2O/c1-29-24(31)23(20-10-4-2-5-11-20)30(22-12-6-3-7-13-22)18-8-9-19-14-16-21(17-15-19)25(26,27)28/h2-7,10-17,23H,8-9,18H2,1H3,(H,29,31)/t23-/m0/s1. The van der Waals surface area contributed by atoms with Crippen LogP contribution in [0.4, 0.5) is 18.9 Å². The number of nitrogens with one attached hydrogen (secondary N) is 1. The fourth-order valence-corrected chi connectivity index (χ4v) is 3.59. The zero-order valence-corrected chi connectivity index (χ0v) is 17.3. The molecule has 0 heterocycles. The maximum Gasteiger partial charge on any atom is 0.416 e. The van der Waals surface area contributed by atoms with Crippen LogP contribution < -0.4 is 10.2 Å². The minimum absolute atomic E-state index is 0.121. The summed E-state index contributed by atoms with van der Waals surface area (Å²) in [6, 6.07) is 24.0. The molecule has 0 aromatic heterocycles. The van der Waals surface area contributed by atoms with Gasteiger partial charge in [-0.05, 0) is 48.2 Å². The smallest absolute Gasteiger partial charge is 0.357 e. The summed E-state index contributed by atoms with van der Waals surface area (Å²) in [5.41, 5.74) is 1.97. The number of para-hydroxylation sites is 1. The third-order valence-electron chi connectivity index (χ3n) is 5.16. The molecule has 0 aliphatic carbocycles. The number of hydrogen-bond donors (Lipinski definition) is 1. The zero-order chi connectivity index (χ0) is 22.3. The van der Waals surface area contributed by atoms with E-state index in [0.717, 1.165) is 28.9 Å². The number of likely N-dealkylation sites (N-methyl/N-ethyl adjacent to an activating group) is 1. The van der Waals surface area contributed by atoms with Gasteiger partial charge in [0.2, 0.25) is 5.91 Å². The molecule has 0 aliphatic rings. The summed E-state index contributed by atoms with van der Waals surface area (Å²) in [5, 5.41) is 2.76. The molecule has 0 saturated carbocycles. The van der Waals surface area contributed by atoms with E-state index in [-0.39, 0.29) is 5.91 Å². The number of alkyl halides is 3. The maximum absolute atomic E-state index is 12.8. The number of hydrogen-bond acceptors (Lipinski definition) is 2. The molecule has 3 nitrogen and oxygen atoms in total. The second-order valence-corrected chi connectivity index (χ2v) is 7.25. The summed E-state index contributed by atoms with van der Waals surface area (Å²) in [6.07, 6.45) is -3.05. The predicted octanol–water partition coefficient (Wildman–Crippen LogP) is 5.63. The molecule has 1 amide bonds. The number of anilines is 1. The van der Waals surface area contributed by atoms with Crippen molar-refractivity contribution in [2.75, 3.05) is 18.5 Å². The first-order valence-corrected chi connectivity index (χ1v) is 10.1. The van der Waals surface area contributed by atoms with E-state index in [1.165, 1.54) is 12.1 Å². The molecule has 3 aromatic carbocycles. The van der Waals surface area contributed by atoms with Crippen LogP contribution in [0.5, 0.6) is 0 Å². The molecule has 3 rings (SSSR count). The number of nitrogens with zero attached hydrogens (tertiary/aromatic N) is 1. The van der Waals surface area contributed by atoms with Crippen LogP contribution in [0.1, 0.15) is 29.2 Å². The van der Waals surface area contributed by atoms with Gasteiger partial charge in [-0.25, -0.2) is 0 Å². The van der Waals surface area contributed by atoms with E-state index < -0.39 is 17.8 Å². The Morgan fingerprint density at radius 3 is 2.03 bits per heavy atom. The SMILES string of the molecule is CNC(=O)[C@H](c1ccccc1)N(CCCc1ccc(C(F)(F)F)cc1)c1ccccc1. The molecule has 0 aliphatic heterocycles. The number of benzene rings is 3. The lowest BCUT2D eigenvalue weighted by molar-refractivity contribution is -0.137. The van der Waals surface area contributed by atoms with Gasteiger partial charge in [0.05, 0.1) is 5.56 Å². The first kappa shape index (κ1) is 22.4. The highest BCUT2D eigenvalue weighted by atomic mass is 19.4. The van der Waals surface area contributed by atoms with Crippen LogP contribution in [0.25, 0.3) is 0 Å². The normalized spacial score (nSPS) is 12.3. The van der Waals surface area contributed by atoms with Gasteiger partial charge >= 0.3 is 6.18 Å². The van der Waals surface area contributed by atoms with Crippen molar-refractivity contribution < 1.29 is 18.0 Å². The van der Waals surface area contributed by atoms with Gasteiger partial charge in [0.25, 0.3) is 0 Å². The monoisotopic (exact) mass is 426 g/mol. The molecule has 0 unspecified atom stereocenters. The first-order chi connectivity index (χ1) is 14.9.